The summed E-state index contributed by atoms with van der Waals surface area (Å²) in [6.07, 6.45) is 1.86. The fourth-order valence-electron chi connectivity index (χ4n) is 2.26. The maximum atomic E-state index is 12.0. The first kappa shape index (κ1) is 12.9. The smallest absolute Gasteiger partial charge is 0.223 e. The highest BCUT2D eigenvalue weighted by molar-refractivity contribution is 5.78. The van der Waals surface area contributed by atoms with Crippen LogP contribution in [0.1, 0.15) is 18.4 Å². The molecule has 1 aliphatic rings. The van der Waals surface area contributed by atoms with Crippen LogP contribution >= 0.6 is 0 Å². The minimum atomic E-state index is 0.154. The lowest BCUT2D eigenvalue weighted by Gasteiger charge is -2.22. The van der Waals surface area contributed by atoms with Crippen LogP contribution in [-0.4, -0.2) is 26.1 Å². The molecule has 0 aromatic heterocycles. The van der Waals surface area contributed by atoms with Gasteiger partial charge in [-0.15, -0.1) is 0 Å². The Labute approximate surface area is 108 Å². The van der Waals surface area contributed by atoms with Gasteiger partial charge in [0.15, 0.2) is 0 Å². The van der Waals surface area contributed by atoms with Crippen molar-refractivity contribution in [3.8, 4) is 5.75 Å². The number of nitrogens with one attached hydrogen (secondary N) is 2. The molecule has 1 fully saturated rings. The molecule has 1 heterocycles. The molecule has 0 radical (unpaired) electrons. The van der Waals surface area contributed by atoms with E-state index in [0.29, 0.717) is 6.54 Å². The Bertz CT molecular complexity index is 401. The quantitative estimate of drug-likeness (QED) is 0.844. The number of amides is 1. The van der Waals surface area contributed by atoms with Gasteiger partial charge in [-0.1, -0.05) is 18.2 Å². The molecule has 98 valence electrons. The molecule has 18 heavy (non-hydrogen) atoms. The number of hydrogen-bond donors (Lipinski definition) is 2. The molecule has 2 N–H and O–H groups in total. The van der Waals surface area contributed by atoms with Crippen LogP contribution in [0.25, 0.3) is 0 Å². The predicted octanol–water partition coefficient (Wildman–Crippen LogP) is 1.31. The number of carbonyl (C=O) groups is 1. The Morgan fingerprint density at radius 3 is 2.83 bits per heavy atom. The number of rotatable bonds is 4. The number of hydrogen-bond acceptors (Lipinski definition) is 3. The van der Waals surface area contributed by atoms with E-state index >= 15 is 0 Å². The van der Waals surface area contributed by atoms with Gasteiger partial charge in [-0.25, -0.2) is 0 Å². The predicted molar refractivity (Wildman–Crippen MR) is 70.4 cm³/mol. The molecule has 1 saturated heterocycles. The summed E-state index contributed by atoms with van der Waals surface area (Å²) in [6, 6.07) is 7.76. The minimum Gasteiger partial charge on any atom is -0.496 e. The van der Waals surface area contributed by atoms with Gasteiger partial charge in [0, 0.05) is 18.0 Å². The molecule has 1 aromatic rings. The molecule has 1 aromatic carbocycles. The monoisotopic (exact) mass is 248 g/mol. The van der Waals surface area contributed by atoms with Gasteiger partial charge in [0.25, 0.3) is 0 Å². The van der Waals surface area contributed by atoms with Gasteiger partial charge in [0.1, 0.15) is 5.75 Å². The third-order valence-electron chi connectivity index (χ3n) is 3.36. The second-order valence-corrected chi connectivity index (χ2v) is 4.55. The number of methoxy groups -OCH3 is 1. The fraction of sp³-hybridized carbons (Fsp3) is 0.500. The number of benzene rings is 1. The van der Waals surface area contributed by atoms with Crippen LogP contribution in [0.15, 0.2) is 24.3 Å². The maximum absolute atomic E-state index is 12.0. The third kappa shape index (κ3) is 3.23. The molecule has 4 heteroatoms. The van der Waals surface area contributed by atoms with Crippen molar-refractivity contribution in [2.45, 2.75) is 19.4 Å². The normalized spacial score (nSPS) is 16.3. The lowest BCUT2D eigenvalue weighted by atomic mass is 9.97. The molecule has 0 aliphatic carbocycles. The number of ether oxygens (including phenoxy) is 1. The van der Waals surface area contributed by atoms with E-state index in [4.69, 9.17) is 4.74 Å². The third-order valence-corrected chi connectivity index (χ3v) is 3.36. The molecule has 0 saturated carbocycles. The second-order valence-electron chi connectivity index (χ2n) is 4.55. The first-order chi connectivity index (χ1) is 8.81. The molecule has 1 amide bonds. The van der Waals surface area contributed by atoms with E-state index in [9.17, 15) is 4.79 Å². The standard InChI is InChI=1S/C14H20N2O2/c1-18-13-5-3-2-4-12(13)10-16-14(17)11-6-8-15-9-7-11/h2-5,11,15H,6-10H2,1H3,(H,16,17). The Balaban J connectivity index is 1.88. The highest BCUT2D eigenvalue weighted by atomic mass is 16.5. The van der Waals surface area contributed by atoms with Crippen molar-refractivity contribution in [3.63, 3.8) is 0 Å². The molecule has 1 aliphatic heterocycles. The van der Waals surface area contributed by atoms with E-state index in [1.165, 1.54) is 0 Å². The van der Waals surface area contributed by atoms with Crippen LogP contribution in [0.5, 0.6) is 5.75 Å². The van der Waals surface area contributed by atoms with E-state index in [1.807, 2.05) is 24.3 Å². The van der Waals surface area contributed by atoms with Crippen LogP contribution in [0.2, 0.25) is 0 Å². The molecule has 0 bridgehead atoms. The van der Waals surface area contributed by atoms with Crippen molar-refractivity contribution in [2.24, 2.45) is 5.92 Å². The highest BCUT2D eigenvalue weighted by Crippen LogP contribution is 2.17. The number of para-hydroxylation sites is 1. The Morgan fingerprint density at radius 1 is 1.39 bits per heavy atom. The summed E-state index contributed by atoms with van der Waals surface area (Å²) in [5, 5.41) is 6.26. The van der Waals surface area contributed by atoms with Crippen molar-refractivity contribution in [2.75, 3.05) is 20.2 Å². The van der Waals surface area contributed by atoms with E-state index in [1.54, 1.807) is 7.11 Å². The fourth-order valence-corrected chi connectivity index (χ4v) is 2.26. The zero-order chi connectivity index (χ0) is 12.8. The Kier molecular flexibility index (Phi) is 4.59. The zero-order valence-electron chi connectivity index (χ0n) is 10.7. The summed E-state index contributed by atoms with van der Waals surface area (Å²) < 4.78 is 5.26. The van der Waals surface area contributed by atoms with Gasteiger partial charge in [-0.3, -0.25) is 4.79 Å². The van der Waals surface area contributed by atoms with Crippen LogP contribution in [-0.2, 0) is 11.3 Å². The SMILES string of the molecule is COc1ccccc1CNC(=O)C1CCNCC1. The van der Waals surface area contributed by atoms with Crippen LogP contribution in [0.3, 0.4) is 0 Å². The summed E-state index contributed by atoms with van der Waals surface area (Å²) >= 11 is 0. The van der Waals surface area contributed by atoms with E-state index in [2.05, 4.69) is 10.6 Å². The van der Waals surface area contributed by atoms with Gasteiger partial charge in [-0.2, -0.15) is 0 Å². The average Bonchev–Trinajstić information content (AvgIpc) is 2.46. The van der Waals surface area contributed by atoms with Crippen molar-refractivity contribution in [1.29, 1.82) is 0 Å². The zero-order valence-corrected chi connectivity index (χ0v) is 10.7. The Hall–Kier alpha value is -1.55. The summed E-state index contributed by atoms with van der Waals surface area (Å²) in [4.78, 5) is 12.0. The number of piperidine rings is 1. The molecule has 0 unspecified atom stereocenters. The van der Waals surface area contributed by atoms with E-state index < -0.39 is 0 Å². The van der Waals surface area contributed by atoms with E-state index in [0.717, 1.165) is 37.2 Å². The van der Waals surface area contributed by atoms with Crippen molar-refractivity contribution >= 4 is 5.91 Å². The molecule has 0 spiro atoms. The minimum absolute atomic E-state index is 0.154. The first-order valence-electron chi connectivity index (χ1n) is 6.41. The summed E-state index contributed by atoms with van der Waals surface area (Å²) in [5.74, 6) is 1.13. The van der Waals surface area contributed by atoms with Gasteiger partial charge >= 0.3 is 0 Å². The van der Waals surface area contributed by atoms with Crippen LogP contribution in [0.4, 0.5) is 0 Å². The van der Waals surface area contributed by atoms with Gasteiger partial charge in [-0.05, 0) is 32.0 Å². The molecule has 4 nitrogen and oxygen atoms in total. The lowest BCUT2D eigenvalue weighted by Crippen LogP contribution is -2.37. The Morgan fingerprint density at radius 2 is 2.11 bits per heavy atom. The van der Waals surface area contributed by atoms with E-state index in [-0.39, 0.29) is 11.8 Å². The second kappa shape index (κ2) is 6.40. The molecular weight excluding hydrogens is 228 g/mol. The lowest BCUT2D eigenvalue weighted by molar-refractivity contribution is -0.125. The summed E-state index contributed by atoms with van der Waals surface area (Å²) in [6.45, 7) is 2.41. The molecule has 2 rings (SSSR count). The highest BCUT2D eigenvalue weighted by Gasteiger charge is 2.20. The van der Waals surface area contributed by atoms with Crippen molar-refractivity contribution in [1.82, 2.24) is 10.6 Å². The van der Waals surface area contributed by atoms with Gasteiger partial charge < -0.3 is 15.4 Å². The van der Waals surface area contributed by atoms with Crippen LogP contribution < -0.4 is 15.4 Å². The van der Waals surface area contributed by atoms with Gasteiger partial charge in [0.05, 0.1) is 7.11 Å². The molecular formula is C14H20N2O2. The summed E-state index contributed by atoms with van der Waals surface area (Å²) in [5.41, 5.74) is 1.02. The molecule has 0 atom stereocenters. The first-order valence-corrected chi connectivity index (χ1v) is 6.41. The van der Waals surface area contributed by atoms with Crippen LogP contribution in [0, 0.1) is 5.92 Å². The maximum Gasteiger partial charge on any atom is 0.223 e. The average molecular weight is 248 g/mol. The largest absolute Gasteiger partial charge is 0.496 e. The van der Waals surface area contributed by atoms with Crippen molar-refractivity contribution < 1.29 is 9.53 Å². The van der Waals surface area contributed by atoms with Crippen molar-refractivity contribution in [3.05, 3.63) is 29.8 Å². The topological polar surface area (TPSA) is 50.4 Å². The summed E-state index contributed by atoms with van der Waals surface area (Å²) in [7, 11) is 1.65. The van der Waals surface area contributed by atoms with Gasteiger partial charge in [0.2, 0.25) is 5.91 Å². The number of carbonyl (C=O) groups excluding carboxylic acids is 1.